The molecular formula is C35H38N2O9. The Morgan fingerprint density at radius 3 is 2.07 bits per heavy atom. The zero-order valence-electron chi connectivity index (χ0n) is 25.7. The molecule has 2 aliphatic rings. The van der Waals surface area contributed by atoms with Crippen LogP contribution in [0, 0.1) is 0 Å². The molecular weight excluding hydrogens is 592 g/mol. The van der Waals surface area contributed by atoms with Crippen LogP contribution in [0.1, 0.15) is 42.2 Å². The van der Waals surface area contributed by atoms with Crippen molar-refractivity contribution in [1.29, 1.82) is 0 Å². The van der Waals surface area contributed by atoms with Crippen LogP contribution in [0.2, 0.25) is 0 Å². The Hall–Kier alpha value is -4.26. The van der Waals surface area contributed by atoms with Gasteiger partial charge in [0.05, 0.1) is 20.8 Å². The van der Waals surface area contributed by atoms with Crippen molar-refractivity contribution in [3.8, 4) is 11.5 Å². The Balaban J connectivity index is 1.39. The molecule has 0 spiro atoms. The van der Waals surface area contributed by atoms with Gasteiger partial charge in [-0.2, -0.15) is 0 Å². The van der Waals surface area contributed by atoms with Gasteiger partial charge >= 0.3 is 5.69 Å². The van der Waals surface area contributed by atoms with E-state index in [9.17, 15) is 14.7 Å². The molecule has 46 heavy (non-hydrogen) atoms. The number of aromatic amines is 1. The molecule has 0 bridgehead atoms. The van der Waals surface area contributed by atoms with Gasteiger partial charge in [-0.25, -0.2) is 4.79 Å². The molecule has 0 saturated carbocycles. The summed E-state index contributed by atoms with van der Waals surface area (Å²) < 4.78 is 37.5. The number of hydrogen-bond donors (Lipinski definition) is 2. The fraction of sp³-hybridized carbons (Fsp3) is 0.371. The zero-order chi connectivity index (χ0) is 32.1. The minimum absolute atomic E-state index is 0.0892. The van der Waals surface area contributed by atoms with Crippen molar-refractivity contribution in [2.24, 2.45) is 0 Å². The minimum Gasteiger partial charge on any atom is -0.497 e. The van der Waals surface area contributed by atoms with Gasteiger partial charge in [0.2, 0.25) is 0 Å². The third kappa shape index (κ3) is 6.37. The van der Waals surface area contributed by atoms with E-state index in [0.29, 0.717) is 24.5 Å². The van der Waals surface area contributed by atoms with Gasteiger partial charge in [0.25, 0.3) is 5.56 Å². The third-order valence-electron chi connectivity index (χ3n) is 8.52. The highest BCUT2D eigenvalue weighted by molar-refractivity contribution is 5.49. The molecule has 3 heterocycles. The molecule has 0 radical (unpaired) electrons. The summed E-state index contributed by atoms with van der Waals surface area (Å²) in [6.07, 6.45) is -0.910. The summed E-state index contributed by atoms with van der Waals surface area (Å²) in [5, 5.41) is 11.7. The highest BCUT2D eigenvalue weighted by Gasteiger charge is 2.49. The summed E-state index contributed by atoms with van der Waals surface area (Å²) in [5.74, 6) is 1.38. The van der Waals surface area contributed by atoms with Crippen LogP contribution in [0.15, 0.2) is 101 Å². The molecule has 242 valence electrons. The molecule has 4 aromatic rings. The molecule has 2 fully saturated rings. The first-order valence-corrected chi connectivity index (χ1v) is 15.3. The van der Waals surface area contributed by atoms with E-state index in [1.54, 1.807) is 14.2 Å². The number of aromatic nitrogens is 2. The molecule has 0 amide bonds. The van der Waals surface area contributed by atoms with Crippen LogP contribution < -0.4 is 20.7 Å². The molecule has 5 atom stereocenters. The number of rotatable bonds is 11. The van der Waals surface area contributed by atoms with E-state index in [1.165, 1.54) is 16.8 Å². The highest BCUT2D eigenvalue weighted by atomic mass is 16.7. The van der Waals surface area contributed by atoms with Crippen LogP contribution in [0.4, 0.5) is 0 Å². The van der Waals surface area contributed by atoms with E-state index in [0.717, 1.165) is 29.5 Å². The van der Waals surface area contributed by atoms with Crippen LogP contribution in [-0.2, 0) is 24.5 Å². The number of aliphatic hydroxyl groups excluding tert-OH is 1. The van der Waals surface area contributed by atoms with Gasteiger partial charge in [-0.15, -0.1) is 0 Å². The first kappa shape index (κ1) is 31.7. The smallest absolute Gasteiger partial charge is 0.330 e. The van der Waals surface area contributed by atoms with Crippen molar-refractivity contribution >= 4 is 0 Å². The van der Waals surface area contributed by atoms with Crippen LogP contribution in [0.3, 0.4) is 0 Å². The quantitative estimate of drug-likeness (QED) is 0.238. The number of ether oxygens (including phenoxy) is 6. The van der Waals surface area contributed by atoms with Gasteiger partial charge in [0.1, 0.15) is 35.4 Å². The summed E-state index contributed by atoms with van der Waals surface area (Å²) in [6, 6.07) is 26.2. The number of nitrogens with zero attached hydrogens (tertiary/aromatic N) is 1. The standard InChI is InChI=1S/C35H38N2O9/c1-41-26-15-11-24(12-16-26)35(23-8-4-3-5-9-23,25-13-17-27(42-2)18-14-25)44-22-28-31(39)32(46-30-10-6-7-21-43-30)33(45-28)37-20-19-29(38)36-34(37)40/h3-5,8-9,11-20,28,30-33,39H,6-7,10,21-22H2,1-2H3,(H,36,38,40)/t28-,30+,31-,32+,33-/m0/s1. The molecule has 11 heteroatoms. The van der Waals surface area contributed by atoms with E-state index < -0.39 is 47.7 Å². The molecule has 0 aliphatic carbocycles. The number of methoxy groups -OCH3 is 2. The largest absolute Gasteiger partial charge is 0.497 e. The predicted octanol–water partition coefficient (Wildman–Crippen LogP) is 3.73. The van der Waals surface area contributed by atoms with E-state index >= 15 is 0 Å². The fourth-order valence-electron chi connectivity index (χ4n) is 6.13. The minimum atomic E-state index is -1.20. The Kier molecular flexibility index (Phi) is 9.67. The first-order chi connectivity index (χ1) is 22.4. The van der Waals surface area contributed by atoms with Crippen LogP contribution >= 0.6 is 0 Å². The lowest BCUT2D eigenvalue weighted by Gasteiger charge is -2.37. The van der Waals surface area contributed by atoms with E-state index in [4.69, 9.17) is 28.4 Å². The lowest BCUT2D eigenvalue weighted by molar-refractivity contribution is -0.215. The molecule has 6 rings (SSSR count). The van der Waals surface area contributed by atoms with Gasteiger partial charge in [0.15, 0.2) is 12.5 Å². The summed E-state index contributed by atoms with van der Waals surface area (Å²) >= 11 is 0. The predicted molar refractivity (Wildman–Crippen MR) is 168 cm³/mol. The summed E-state index contributed by atoms with van der Waals surface area (Å²) in [4.78, 5) is 27.0. The zero-order valence-corrected chi connectivity index (χ0v) is 25.7. The monoisotopic (exact) mass is 630 g/mol. The topological polar surface area (TPSA) is 130 Å². The van der Waals surface area contributed by atoms with E-state index in [2.05, 4.69) is 4.98 Å². The SMILES string of the molecule is COc1ccc(C(OC[C@@H]2O[C@H](n3ccc(=O)[nH]c3=O)[C@H](O[C@@H]3CCCCO3)[C@H]2O)(c2ccccc2)c2ccc(OC)cc2)cc1. The average Bonchev–Trinajstić information content (AvgIpc) is 3.40. The van der Waals surface area contributed by atoms with Crippen molar-refractivity contribution in [2.45, 2.75) is 55.7 Å². The Morgan fingerprint density at radius 1 is 0.870 bits per heavy atom. The average molecular weight is 631 g/mol. The second kappa shape index (κ2) is 14.0. The third-order valence-corrected chi connectivity index (χ3v) is 8.52. The van der Waals surface area contributed by atoms with Gasteiger partial charge in [0, 0.05) is 18.9 Å². The van der Waals surface area contributed by atoms with Crippen LogP contribution in [0.5, 0.6) is 11.5 Å². The molecule has 2 N–H and O–H groups in total. The second-order valence-corrected chi connectivity index (χ2v) is 11.3. The van der Waals surface area contributed by atoms with Gasteiger partial charge in [-0.1, -0.05) is 54.6 Å². The Bertz CT molecular complexity index is 1630. The van der Waals surface area contributed by atoms with Crippen LogP contribution in [0.25, 0.3) is 0 Å². The Labute approximate surface area is 266 Å². The maximum absolute atomic E-state index is 12.9. The molecule has 3 aromatic carbocycles. The lowest BCUT2D eigenvalue weighted by atomic mass is 9.80. The fourth-order valence-corrected chi connectivity index (χ4v) is 6.13. The van der Waals surface area contributed by atoms with E-state index in [-0.39, 0.29) is 6.61 Å². The maximum atomic E-state index is 12.9. The number of benzene rings is 3. The number of nitrogens with one attached hydrogen (secondary N) is 1. The number of H-pyrrole nitrogens is 1. The van der Waals surface area contributed by atoms with Gasteiger partial charge < -0.3 is 33.5 Å². The maximum Gasteiger partial charge on any atom is 0.330 e. The van der Waals surface area contributed by atoms with E-state index in [1.807, 2.05) is 78.9 Å². The lowest BCUT2D eigenvalue weighted by Crippen LogP contribution is -2.43. The van der Waals surface area contributed by atoms with Crippen molar-refractivity contribution in [2.75, 3.05) is 27.4 Å². The number of aliphatic hydroxyl groups is 1. The number of hydrogen-bond acceptors (Lipinski definition) is 9. The highest BCUT2D eigenvalue weighted by Crippen LogP contribution is 2.43. The van der Waals surface area contributed by atoms with Crippen molar-refractivity contribution in [1.82, 2.24) is 9.55 Å². The Morgan fingerprint density at radius 2 is 1.50 bits per heavy atom. The van der Waals surface area contributed by atoms with Crippen molar-refractivity contribution in [3.63, 3.8) is 0 Å². The van der Waals surface area contributed by atoms with Crippen LogP contribution in [-0.4, -0.2) is 66.7 Å². The molecule has 0 unspecified atom stereocenters. The summed E-state index contributed by atoms with van der Waals surface area (Å²) in [5.41, 5.74) is 0.0926. The molecule has 2 aliphatic heterocycles. The van der Waals surface area contributed by atoms with Crippen molar-refractivity contribution < 1.29 is 33.5 Å². The molecule has 2 saturated heterocycles. The van der Waals surface area contributed by atoms with Gasteiger partial charge in [-0.3, -0.25) is 14.3 Å². The molecule has 1 aromatic heterocycles. The van der Waals surface area contributed by atoms with Gasteiger partial charge in [-0.05, 0) is 60.2 Å². The normalized spacial score (nSPS) is 23.2. The summed E-state index contributed by atoms with van der Waals surface area (Å²) in [7, 11) is 3.22. The second-order valence-electron chi connectivity index (χ2n) is 11.3. The van der Waals surface area contributed by atoms with Crippen molar-refractivity contribution in [3.05, 3.63) is 129 Å². The molecule has 11 nitrogen and oxygen atoms in total. The summed E-state index contributed by atoms with van der Waals surface area (Å²) in [6.45, 7) is 0.446. The first-order valence-electron chi connectivity index (χ1n) is 15.3.